The van der Waals surface area contributed by atoms with Crippen LogP contribution in [-0.2, 0) is 0 Å². The number of likely N-dealkylation sites (tertiary alicyclic amines) is 1. The molecule has 0 aromatic carbocycles. The third-order valence-electron chi connectivity index (χ3n) is 3.01. The molecule has 1 unspecified atom stereocenters. The van der Waals surface area contributed by atoms with Gasteiger partial charge in [-0.05, 0) is 31.6 Å². The Morgan fingerprint density at radius 3 is 2.80 bits per heavy atom. The van der Waals surface area contributed by atoms with E-state index in [1.807, 2.05) is 0 Å². The van der Waals surface area contributed by atoms with E-state index in [9.17, 15) is 0 Å². The van der Waals surface area contributed by atoms with Crippen LogP contribution in [0.4, 0.5) is 0 Å². The number of aliphatic imine (C=N–C) groups is 1. The molecule has 1 fully saturated rings. The van der Waals surface area contributed by atoms with Crippen molar-refractivity contribution in [2.45, 2.75) is 52.5 Å². The van der Waals surface area contributed by atoms with Gasteiger partial charge in [-0.3, -0.25) is 4.99 Å². The normalized spacial score (nSPS) is 23.6. The van der Waals surface area contributed by atoms with Crippen molar-refractivity contribution >= 4 is 5.96 Å². The van der Waals surface area contributed by atoms with Gasteiger partial charge < -0.3 is 10.6 Å². The van der Waals surface area contributed by atoms with Gasteiger partial charge in [-0.1, -0.05) is 20.8 Å². The number of rotatable bonds is 3. The molecule has 1 saturated heterocycles. The van der Waals surface area contributed by atoms with Crippen LogP contribution in [0.25, 0.3) is 0 Å². The lowest BCUT2D eigenvalue weighted by atomic mass is 10.0. The summed E-state index contributed by atoms with van der Waals surface area (Å²) in [5.74, 6) is 1.35. The van der Waals surface area contributed by atoms with Crippen molar-refractivity contribution in [2.24, 2.45) is 16.6 Å². The molecule has 88 valence electrons. The highest BCUT2D eigenvalue weighted by Crippen LogP contribution is 2.18. The van der Waals surface area contributed by atoms with Crippen LogP contribution in [-0.4, -0.2) is 30.0 Å². The number of nitrogens with zero attached hydrogens (tertiary/aromatic N) is 2. The molecular weight excluding hydrogens is 186 g/mol. The highest BCUT2D eigenvalue weighted by Gasteiger charge is 2.21. The van der Waals surface area contributed by atoms with Crippen molar-refractivity contribution in [3.63, 3.8) is 0 Å². The van der Waals surface area contributed by atoms with E-state index in [1.165, 1.54) is 25.7 Å². The van der Waals surface area contributed by atoms with Gasteiger partial charge in [-0.15, -0.1) is 0 Å². The first-order valence-corrected chi connectivity index (χ1v) is 6.21. The number of guanidine groups is 1. The molecule has 0 aromatic heterocycles. The molecule has 0 amide bonds. The summed E-state index contributed by atoms with van der Waals surface area (Å²) in [6, 6.07) is 0.620. The first kappa shape index (κ1) is 12.3. The Bertz CT molecular complexity index is 211. The lowest BCUT2D eigenvalue weighted by molar-refractivity contribution is 0.232. The molecular formula is C12H25N3. The maximum absolute atomic E-state index is 6.04. The summed E-state index contributed by atoms with van der Waals surface area (Å²) < 4.78 is 0. The minimum Gasteiger partial charge on any atom is -0.370 e. The van der Waals surface area contributed by atoms with E-state index < -0.39 is 0 Å². The Labute approximate surface area is 93.7 Å². The number of hydrogen-bond acceptors (Lipinski definition) is 1. The van der Waals surface area contributed by atoms with E-state index in [0.717, 1.165) is 19.0 Å². The van der Waals surface area contributed by atoms with Crippen molar-refractivity contribution in [2.75, 3.05) is 13.1 Å². The average molecular weight is 211 g/mol. The Balaban J connectivity index is 2.54. The standard InChI is InChI=1S/C12H25N3/c1-4-11-7-5-6-8-15(11)12(13)14-9-10(2)3/h10-11H,4-9H2,1-3H3,(H2,13,14). The van der Waals surface area contributed by atoms with Crippen LogP contribution in [0.1, 0.15) is 46.5 Å². The fourth-order valence-electron chi connectivity index (χ4n) is 2.09. The number of hydrogen-bond donors (Lipinski definition) is 1. The zero-order valence-corrected chi connectivity index (χ0v) is 10.4. The van der Waals surface area contributed by atoms with Crippen molar-refractivity contribution in [3.8, 4) is 0 Å². The summed E-state index contributed by atoms with van der Waals surface area (Å²) in [5.41, 5.74) is 6.04. The molecule has 1 aliphatic heterocycles. The van der Waals surface area contributed by atoms with Gasteiger partial charge in [0.1, 0.15) is 0 Å². The molecule has 1 rings (SSSR count). The first-order valence-electron chi connectivity index (χ1n) is 6.21. The molecule has 1 aliphatic rings. The third-order valence-corrected chi connectivity index (χ3v) is 3.01. The zero-order chi connectivity index (χ0) is 11.3. The van der Waals surface area contributed by atoms with Gasteiger partial charge in [-0.25, -0.2) is 0 Å². The van der Waals surface area contributed by atoms with Gasteiger partial charge in [0.15, 0.2) is 5.96 Å². The molecule has 3 nitrogen and oxygen atoms in total. The predicted octanol–water partition coefficient (Wildman–Crippen LogP) is 2.22. The van der Waals surface area contributed by atoms with Gasteiger partial charge >= 0.3 is 0 Å². The SMILES string of the molecule is CCC1CCCCN1C(N)=NCC(C)C. The Morgan fingerprint density at radius 1 is 1.47 bits per heavy atom. The molecule has 1 atom stereocenters. The highest BCUT2D eigenvalue weighted by molar-refractivity contribution is 5.78. The minimum absolute atomic E-state index is 0.591. The predicted molar refractivity (Wildman–Crippen MR) is 66.0 cm³/mol. The number of nitrogens with two attached hydrogens (primary N) is 1. The van der Waals surface area contributed by atoms with E-state index >= 15 is 0 Å². The molecule has 0 radical (unpaired) electrons. The van der Waals surface area contributed by atoms with E-state index in [2.05, 4.69) is 30.7 Å². The van der Waals surface area contributed by atoms with E-state index in [0.29, 0.717) is 12.0 Å². The molecule has 1 heterocycles. The molecule has 0 aromatic rings. The molecule has 3 heteroatoms. The smallest absolute Gasteiger partial charge is 0.191 e. The lowest BCUT2D eigenvalue weighted by Gasteiger charge is -2.36. The van der Waals surface area contributed by atoms with Gasteiger partial charge in [-0.2, -0.15) is 0 Å². The second-order valence-corrected chi connectivity index (χ2v) is 4.84. The van der Waals surface area contributed by atoms with Crippen molar-refractivity contribution < 1.29 is 0 Å². The second-order valence-electron chi connectivity index (χ2n) is 4.84. The van der Waals surface area contributed by atoms with Crippen LogP contribution < -0.4 is 5.73 Å². The maximum Gasteiger partial charge on any atom is 0.191 e. The minimum atomic E-state index is 0.591. The molecule has 2 N–H and O–H groups in total. The Hall–Kier alpha value is -0.730. The van der Waals surface area contributed by atoms with Gasteiger partial charge in [0.2, 0.25) is 0 Å². The molecule has 15 heavy (non-hydrogen) atoms. The Morgan fingerprint density at radius 2 is 2.20 bits per heavy atom. The van der Waals surface area contributed by atoms with E-state index in [4.69, 9.17) is 5.73 Å². The maximum atomic E-state index is 6.04. The molecule has 0 spiro atoms. The monoisotopic (exact) mass is 211 g/mol. The number of piperidine rings is 1. The summed E-state index contributed by atoms with van der Waals surface area (Å²) in [6.07, 6.45) is 5.05. The van der Waals surface area contributed by atoms with Crippen molar-refractivity contribution in [1.82, 2.24) is 4.90 Å². The highest BCUT2D eigenvalue weighted by atomic mass is 15.3. The van der Waals surface area contributed by atoms with Gasteiger partial charge in [0, 0.05) is 19.1 Å². The third kappa shape index (κ3) is 3.73. The topological polar surface area (TPSA) is 41.6 Å². The summed E-state index contributed by atoms with van der Waals surface area (Å²) in [6.45, 7) is 8.51. The second kappa shape index (κ2) is 5.99. The summed E-state index contributed by atoms with van der Waals surface area (Å²) in [4.78, 5) is 6.76. The van der Waals surface area contributed by atoms with Crippen LogP contribution >= 0.6 is 0 Å². The quantitative estimate of drug-likeness (QED) is 0.574. The fourth-order valence-corrected chi connectivity index (χ4v) is 2.09. The van der Waals surface area contributed by atoms with Gasteiger partial charge in [0.25, 0.3) is 0 Å². The Kier molecular flexibility index (Phi) is 4.92. The first-order chi connectivity index (χ1) is 7.15. The zero-order valence-electron chi connectivity index (χ0n) is 10.4. The average Bonchev–Trinajstić information content (AvgIpc) is 2.25. The lowest BCUT2D eigenvalue weighted by Crippen LogP contribution is -2.47. The van der Waals surface area contributed by atoms with Crippen LogP contribution in [0, 0.1) is 5.92 Å². The van der Waals surface area contributed by atoms with Crippen LogP contribution in [0.2, 0.25) is 0 Å². The van der Waals surface area contributed by atoms with Crippen molar-refractivity contribution in [1.29, 1.82) is 0 Å². The van der Waals surface area contributed by atoms with Crippen LogP contribution in [0.3, 0.4) is 0 Å². The summed E-state index contributed by atoms with van der Waals surface area (Å²) in [7, 11) is 0. The van der Waals surface area contributed by atoms with E-state index in [1.54, 1.807) is 0 Å². The van der Waals surface area contributed by atoms with Crippen molar-refractivity contribution in [3.05, 3.63) is 0 Å². The molecule has 0 saturated carbocycles. The molecule has 0 bridgehead atoms. The molecule has 0 aliphatic carbocycles. The summed E-state index contributed by atoms with van der Waals surface area (Å²) in [5, 5.41) is 0. The van der Waals surface area contributed by atoms with Crippen LogP contribution in [0.15, 0.2) is 4.99 Å². The van der Waals surface area contributed by atoms with Crippen LogP contribution in [0.5, 0.6) is 0 Å². The largest absolute Gasteiger partial charge is 0.370 e. The van der Waals surface area contributed by atoms with Gasteiger partial charge in [0.05, 0.1) is 0 Å². The summed E-state index contributed by atoms with van der Waals surface area (Å²) >= 11 is 0. The van der Waals surface area contributed by atoms with E-state index in [-0.39, 0.29) is 0 Å². The fraction of sp³-hybridized carbons (Fsp3) is 0.917.